The molecule has 0 radical (unpaired) electrons. The molecular formula is C19H22BrN3O4S2. The molecule has 156 valence electrons. The number of rotatable bonds is 7. The van der Waals surface area contributed by atoms with E-state index in [-0.39, 0.29) is 22.0 Å². The van der Waals surface area contributed by atoms with Crippen LogP contribution in [0.5, 0.6) is 5.75 Å². The maximum absolute atomic E-state index is 12.4. The zero-order valence-corrected chi connectivity index (χ0v) is 19.4. The molecule has 0 saturated carbocycles. The number of hydrogen-bond acceptors (Lipinski definition) is 5. The molecule has 29 heavy (non-hydrogen) atoms. The van der Waals surface area contributed by atoms with Crippen LogP contribution in [0.25, 0.3) is 0 Å². The summed E-state index contributed by atoms with van der Waals surface area (Å²) < 4.78 is 32.9. The Morgan fingerprint density at radius 3 is 2.38 bits per heavy atom. The number of carbonyl (C=O) groups is 1. The molecular weight excluding hydrogens is 478 g/mol. The molecule has 7 nitrogen and oxygen atoms in total. The second-order valence-electron chi connectivity index (χ2n) is 6.29. The standard InChI is InChI=1S/C19H22BrN3O4S2/c1-4-27-17-10-5-13(11-16(17)20)18(24)22-19(28)21-14-6-8-15(9-7-14)29(25,26)23-12(2)3/h5-12,23H,4H2,1-3H3,(H2,21,22,24,28). The highest BCUT2D eigenvalue weighted by molar-refractivity contribution is 9.10. The Kier molecular flexibility index (Phi) is 8.14. The van der Waals surface area contributed by atoms with Gasteiger partial charge in [-0.1, -0.05) is 0 Å². The summed E-state index contributed by atoms with van der Waals surface area (Å²) in [6.07, 6.45) is 0. The number of hydrogen-bond donors (Lipinski definition) is 3. The van der Waals surface area contributed by atoms with Crippen molar-refractivity contribution in [1.82, 2.24) is 10.0 Å². The first kappa shape index (κ1) is 23.3. The Labute approximate surface area is 184 Å². The van der Waals surface area contributed by atoms with E-state index in [4.69, 9.17) is 17.0 Å². The van der Waals surface area contributed by atoms with Crippen LogP contribution in [0.15, 0.2) is 51.8 Å². The second-order valence-corrected chi connectivity index (χ2v) is 9.26. The summed E-state index contributed by atoms with van der Waals surface area (Å²) in [6, 6.07) is 10.8. The summed E-state index contributed by atoms with van der Waals surface area (Å²) in [5.74, 6) is 0.262. The van der Waals surface area contributed by atoms with Crippen LogP contribution in [-0.2, 0) is 10.0 Å². The zero-order valence-electron chi connectivity index (χ0n) is 16.2. The minimum Gasteiger partial charge on any atom is -0.493 e. The smallest absolute Gasteiger partial charge is 0.257 e. The van der Waals surface area contributed by atoms with E-state index in [1.165, 1.54) is 12.1 Å². The average Bonchev–Trinajstić information content (AvgIpc) is 2.62. The van der Waals surface area contributed by atoms with Crippen molar-refractivity contribution >= 4 is 54.9 Å². The van der Waals surface area contributed by atoms with Crippen molar-refractivity contribution in [1.29, 1.82) is 0 Å². The first-order valence-corrected chi connectivity index (χ1v) is 11.5. The van der Waals surface area contributed by atoms with Gasteiger partial charge in [0.15, 0.2) is 5.11 Å². The van der Waals surface area contributed by atoms with Gasteiger partial charge in [-0.25, -0.2) is 13.1 Å². The summed E-state index contributed by atoms with van der Waals surface area (Å²) in [7, 11) is -3.57. The third kappa shape index (κ3) is 6.77. The summed E-state index contributed by atoms with van der Waals surface area (Å²) in [4.78, 5) is 12.5. The number of amides is 1. The van der Waals surface area contributed by atoms with Crippen LogP contribution in [0.4, 0.5) is 5.69 Å². The number of halogens is 1. The van der Waals surface area contributed by atoms with E-state index in [2.05, 4.69) is 31.3 Å². The molecule has 0 atom stereocenters. The van der Waals surface area contributed by atoms with Gasteiger partial charge in [0.2, 0.25) is 10.0 Å². The molecule has 0 bridgehead atoms. The molecule has 10 heteroatoms. The zero-order chi connectivity index (χ0) is 21.6. The summed E-state index contributed by atoms with van der Waals surface area (Å²) in [5.41, 5.74) is 0.956. The van der Waals surface area contributed by atoms with Crippen LogP contribution in [0.1, 0.15) is 31.1 Å². The number of carbonyl (C=O) groups excluding carboxylic acids is 1. The maximum Gasteiger partial charge on any atom is 0.257 e. The van der Waals surface area contributed by atoms with E-state index >= 15 is 0 Å². The first-order chi connectivity index (χ1) is 13.6. The molecule has 2 aromatic carbocycles. The summed E-state index contributed by atoms with van der Waals surface area (Å²) in [6.45, 7) is 5.89. The molecule has 0 unspecified atom stereocenters. The van der Waals surface area contributed by atoms with Crippen molar-refractivity contribution in [2.75, 3.05) is 11.9 Å². The maximum atomic E-state index is 12.4. The lowest BCUT2D eigenvalue weighted by molar-refractivity contribution is 0.0977. The minimum atomic E-state index is -3.57. The molecule has 1 amide bonds. The van der Waals surface area contributed by atoms with Crippen LogP contribution < -0.4 is 20.1 Å². The predicted octanol–water partition coefficient (Wildman–Crippen LogP) is 3.66. The van der Waals surface area contributed by atoms with Crippen molar-refractivity contribution in [3.8, 4) is 5.75 Å². The Bertz CT molecular complexity index is 993. The highest BCUT2D eigenvalue weighted by Gasteiger charge is 2.15. The molecule has 0 aliphatic carbocycles. The van der Waals surface area contributed by atoms with Gasteiger partial charge in [-0.2, -0.15) is 0 Å². The van der Waals surface area contributed by atoms with Crippen molar-refractivity contribution < 1.29 is 17.9 Å². The van der Waals surface area contributed by atoms with Crippen LogP contribution >= 0.6 is 28.1 Å². The average molecular weight is 500 g/mol. The van der Waals surface area contributed by atoms with Gasteiger partial charge in [0.25, 0.3) is 5.91 Å². The lowest BCUT2D eigenvalue weighted by Gasteiger charge is -2.12. The van der Waals surface area contributed by atoms with Crippen LogP contribution in [0.3, 0.4) is 0 Å². The number of anilines is 1. The fourth-order valence-electron chi connectivity index (χ4n) is 2.35. The fraction of sp³-hybridized carbons (Fsp3) is 0.263. The second kappa shape index (κ2) is 10.1. The molecule has 3 N–H and O–H groups in total. The van der Waals surface area contributed by atoms with Crippen molar-refractivity contribution in [3.05, 3.63) is 52.5 Å². The number of nitrogens with one attached hydrogen (secondary N) is 3. The van der Waals surface area contributed by atoms with Gasteiger partial charge in [-0.05, 0) is 91.4 Å². The molecule has 2 rings (SSSR count). The van der Waals surface area contributed by atoms with E-state index in [0.717, 1.165) is 0 Å². The molecule has 2 aromatic rings. The first-order valence-electron chi connectivity index (χ1n) is 8.79. The van der Waals surface area contributed by atoms with Crippen molar-refractivity contribution in [2.24, 2.45) is 0 Å². The van der Waals surface area contributed by atoms with Crippen molar-refractivity contribution in [3.63, 3.8) is 0 Å². The third-order valence-electron chi connectivity index (χ3n) is 3.53. The summed E-state index contributed by atoms with van der Waals surface area (Å²) >= 11 is 8.53. The Balaban J connectivity index is 2.00. The Morgan fingerprint density at radius 1 is 1.17 bits per heavy atom. The number of thiocarbonyl (C=S) groups is 1. The molecule has 0 aliphatic heterocycles. The van der Waals surface area contributed by atoms with Gasteiger partial charge in [-0.15, -0.1) is 0 Å². The number of ether oxygens (including phenoxy) is 1. The number of benzene rings is 2. The third-order valence-corrected chi connectivity index (χ3v) is 6.03. The molecule has 0 heterocycles. The van der Waals surface area contributed by atoms with E-state index in [1.54, 1.807) is 44.2 Å². The molecule has 0 saturated heterocycles. The van der Waals surface area contributed by atoms with Crippen molar-refractivity contribution in [2.45, 2.75) is 31.7 Å². The lowest BCUT2D eigenvalue weighted by Crippen LogP contribution is -2.34. The van der Waals surface area contributed by atoms with Crippen LogP contribution in [0, 0.1) is 0 Å². The molecule has 0 aliphatic rings. The molecule has 0 fully saturated rings. The summed E-state index contributed by atoms with van der Waals surface area (Å²) in [5, 5.41) is 5.53. The predicted molar refractivity (Wildman–Crippen MR) is 121 cm³/mol. The molecule has 0 spiro atoms. The van der Waals surface area contributed by atoms with Crippen LogP contribution in [0.2, 0.25) is 0 Å². The van der Waals surface area contributed by atoms with Gasteiger partial charge >= 0.3 is 0 Å². The highest BCUT2D eigenvalue weighted by Crippen LogP contribution is 2.26. The fourth-order valence-corrected chi connectivity index (χ4v) is 4.30. The largest absolute Gasteiger partial charge is 0.493 e. The number of sulfonamides is 1. The molecule has 0 aromatic heterocycles. The lowest BCUT2D eigenvalue weighted by atomic mass is 10.2. The monoisotopic (exact) mass is 499 g/mol. The van der Waals surface area contributed by atoms with Gasteiger partial charge < -0.3 is 10.1 Å². The SMILES string of the molecule is CCOc1ccc(C(=O)NC(=S)Nc2ccc(S(=O)(=O)NC(C)C)cc2)cc1Br. The topological polar surface area (TPSA) is 96.5 Å². The van der Waals surface area contributed by atoms with Crippen LogP contribution in [-0.4, -0.2) is 32.1 Å². The quantitative estimate of drug-likeness (QED) is 0.503. The van der Waals surface area contributed by atoms with E-state index in [1.807, 2.05) is 6.92 Å². The Hall–Kier alpha value is -2.01. The van der Waals surface area contributed by atoms with Gasteiger partial charge in [0.1, 0.15) is 5.75 Å². The highest BCUT2D eigenvalue weighted by atomic mass is 79.9. The van der Waals surface area contributed by atoms with E-state index in [9.17, 15) is 13.2 Å². The van der Waals surface area contributed by atoms with E-state index in [0.29, 0.717) is 28.1 Å². The van der Waals surface area contributed by atoms with Gasteiger partial charge in [0.05, 0.1) is 16.0 Å². The Morgan fingerprint density at radius 2 is 1.83 bits per heavy atom. The van der Waals surface area contributed by atoms with Gasteiger partial charge in [0, 0.05) is 17.3 Å². The van der Waals surface area contributed by atoms with Gasteiger partial charge in [-0.3, -0.25) is 10.1 Å². The minimum absolute atomic E-state index is 0.0934. The normalized spacial score (nSPS) is 11.2. The van der Waals surface area contributed by atoms with E-state index < -0.39 is 10.0 Å².